The number of amidine groups is 1. The molecule has 2 N–H and O–H groups in total. The predicted molar refractivity (Wildman–Crippen MR) is 117 cm³/mol. The number of unbranched alkanes of at least 4 members (excludes halogenated alkanes) is 1. The van der Waals surface area contributed by atoms with Gasteiger partial charge >= 0.3 is 6.03 Å². The fourth-order valence-corrected chi connectivity index (χ4v) is 3.48. The highest BCUT2D eigenvalue weighted by Crippen LogP contribution is 2.31. The largest absolute Gasteiger partial charge is 0.496 e. The van der Waals surface area contributed by atoms with Crippen LogP contribution in [0.1, 0.15) is 36.6 Å². The zero-order valence-corrected chi connectivity index (χ0v) is 18.2. The molecule has 0 bridgehead atoms. The summed E-state index contributed by atoms with van der Waals surface area (Å²) in [5, 5.41) is 0.450. The quantitative estimate of drug-likeness (QED) is 0.507. The number of methoxy groups -OCH3 is 1. The van der Waals surface area contributed by atoms with E-state index in [9.17, 15) is 4.79 Å². The van der Waals surface area contributed by atoms with E-state index in [0.29, 0.717) is 28.8 Å². The molecule has 156 valence electrons. The first-order valence-electron chi connectivity index (χ1n) is 9.31. The topological polar surface area (TPSA) is 84.0 Å². The van der Waals surface area contributed by atoms with Gasteiger partial charge in [-0.1, -0.05) is 24.3 Å². The number of aromatic nitrogens is 1. The summed E-state index contributed by atoms with van der Waals surface area (Å²) in [7, 11) is 1.62. The Morgan fingerprint density at radius 2 is 2.10 bits per heavy atom. The van der Waals surface area contributed by atoms with Crippen LogP contribution in [0.25, 0.3) is 0 Å². The number of hydrogen-bond donors (Lipinski definition) is 1. The fraction of sp³-hybridized carbons (Fsp3) is 0.381. The summed E-state index contributed by atoms with van der Waals surface area (Å²) >= 11 is 6.36. The van der Waals surface area contributed by atoms with E-state index in [2.05, 4.69) is 23.1 Å². The van der Waals surface area contributed by atoms with E-state index in [1.165, 1.54) is 4.90 Å². The van der Waals surface area contributed by atoms with Gasteiger partial charge in [0.25, 0.3) is 0 Å². The molecule has 1 aromatic heterocycles. The summed E-state index contributed by atoms with van der Waals surface area (Å²) in [6, 6.07) is -0.232. The standard InChI is InChI=1S/C21H28ClN5O2/c1-7-8-9-10-26-18(15(4)22)20(25-16(5)23)27(21(26)28)12-17-14(3)19(29-6)13(2)11-24-17/h7,11H,1,5,8-10,12,23H2,2-4,6H3/b18-15-,25-20+. The first kappa shape index (κ1) is 22.5. The van der Waals surface area contributed by atoms with Crippen molar-refractivity contribution >= 4 is 23.5 Å². The summed E-state index contributed by atoms with van der Waals surface area (Å²) in [4.78, 5) is 25.2. The second-order valence-electron chi connectivity index (χ2n) is 6.81. The number of urea groups is 1. The normalized spacial score (nSPS) is 17.1. The van der Waals surface area contributed by atoms with Crippen molar-refractivity contribution in [1.82, 2.24) is 14.8 Å². The Balaban J connectivity index is 2.51. The van der Waals surface area contributed by atoms with E-state index >= 15 is 0 Å². The van der Waals surface area contributed by atoms with Crippen LogP contribution in [-0.2, 0) is 6.54 Å². The van der Waals surface area contributed by atoms with Crippen molar-refractivity contribution in [3.05, 3.63) is 58.8 Å². The third-order valence-electron chi connectivity index (χ3n) is 4.62. The van der Waals surface area contributed by atoms with Crippen molar-refractivity contribution < 1.29 is 9.53 Å². The smallest absolute Gasteiger partial charge is 0.330 e. The van der Waals surface area contributed by atoms with Crippen molar-refractivity contribution in [3.63, 3.8) is 0 Å². The average Bonchev–Trinajstić information content (AvgIpc) is 2.89. The lowest BCUT2D eigenvalue weighted by Crippen LogP contribution is -2.33. The van der Waals surface area contributed by atoms with Gasteiger partial charge < -0.3 is 10.5 Å². The van der Waals surface area contributed by atoms with Crippen LogP contribution in [0.2, 0.25) is 0 Å². The van der Waals surface area contributed by atoms with Crippen LogP contribution in [0.5, 0.6) is 5.75 Å². The van der Waals surface area contributed by atoms with Gasteiger partial charge in [0.1, 0.15) is 17.3 Å². The number of nitrogens with two attached hydrogens (primary N) is 1. The number of carbonyl (C=O) groups excluding carboxylic acids is 1. The molecule has 0 aromatic carbocycles. The zero-order chi connectivity index (χ0) is 21.7. The molecule has 1 aliphatic rings. The molecule has 1 saturated heterocycles. The van der Waals surface area contributed by atoms with E-state index in [4.69, 9.17) is 22.1 Å². The molecule has 2 rings (SSSR count). The number of aryl methyl sites for hydroxylation is 1. The molecule has 29 heavy (non-hydrogen) atoms. The summed E-state index contributed by atoms with van der Waals surface area (Å²) in [6.45, 7) is 13.6. The highest BCUT2D eigenvalue weighted by atomic mass is 35.5. The molecule has 0 unspecified atom stereocenters. The van der Waals surface area contributed by atoms with Crippen molar-refractivity contribution in [2.24, 2.45) is 10.7 Å². The fourth-order valence-electron chi connectivity index (χ4n) is 3.29. The van der Waals surface area contributed by atoms with Gasteiger partial charge in [0.05, 0.1) is 19.3 Å². The number of rotatable bonds is 8. The highest BCUT2D eigenvalue weighted by molar-refractivity contribution is 6.33. The predicted octanol–water partition coefficient (Wildman–Crippen LogP) is 4.21. The Morgan fingerprint density at radius 3 is 2.66 bits per heavy atom. The first-order chi connectivity index (χ1) is 13.7. The van der Waals surface area contributed by atoms with Gasteiger partial charge in [-0.25, -0.2) is 9.79 Å². The lowest BCUT2D eigenvalue weighted by Gasteiger charge is -2.19. The van der Waals surface area contributed by atoms with Gasteiger partial charge in [-0.2, -0.15) is 0 Å². The van der Waals surface area contributed by atoms with Crippen molar-refractivity contribution in [2.45, 2.75) is 40.2 Å². The van der Waals surface area contributed by atoms with Crippen molar-refractivity contribution in [3.8, 4) is 5.75 Å². The van der Waals surface area contributed by atoms with Gasteiger partial charge in [0.2, 0.25) is 0 Å². The monoisotopic (exact) mass is 417 g/mol. The van der Waals surface area contributed by atoms with Crippen molar-refractivity contribution in [2.75, 3.05) is 13.7 Å². The van der Waals surface area contributed by atoms with E-state index in [-0.39, 0.29) is 18.4 Å². The molecule has 1 aliphatic heterocycles. The van der Waals surface area contributed by atoms with Crippen LogP contribution in [0.15, 0.2) is 47.0 Å². The minimum atomic E-state index is -0.232. The van der Waals surface area contributed by atoms with E-state index in [0.717, 1.165) is 29.7 Å². The Bertz CT molecular complexity index is 887. The SMILES string of the molecule is C=CCCCN1C(=O)N(Cc2ncc(C)c(OC)c2C)C(=N/C(=C)N)/C1=C(\C)Cl. The van der Waals surface area contributed by atoms with E-state index < -0.39 is 0 Å². The van der Waals surface area contributed by atoms with Gasteiger partial charge in [-0.15, -0.1) is 6.58 Å². The minimum absolute atomic E-state index is 0.0901. The van der Waals surface area contributed by atoms with Crippen LogP contribution < -0.4 is 10.5 Å². The maximum absolute atomic E-state index is 13.3. The maximum atomic E-state index is 13.3. The zero-order valence-electron chi connectivity index (χ0n) is 17.5. The number of hydrogen-bond acceptors (Lipinski definition) is 5. The lowest BCUT2D eigenvalue weighted by atomic mass is 10.1. The van der Waals surface area contributed by atoms with Crippen LogP contribution in [0.4, 0.5) is 4.79 Å². The molecule has 8 heteroatoms. The van der Waals surface area contributed by atoms with E-state index in [1.807, 2.05) is 19.9 Å². The first-order valence-corrected chi connectivity index (χ1v) is 9.69. The number of pyridine rings is 1. The number of halogens is 1. The number of nitrogens with zero attached hydrogens (tertiary/aromatic N) is 4. The Hall–Kier alpha value is -2.80. The molecular formula is C21H28ClN5O2. The molecule has 1 fully saturated rings. The molecule has 1 aromatic rings. The maximum Gasteiger partial charge on any atom is 0.330 e. The van der Waals surface area contributed by atoms with E-state index in [1.54, 1.807) is 25.1 Å². The third-order valence-corrected chi connectivity index (χ3v) is 4.80. The Morgan fingerprint density at radius 1 is 1.41 bits per heavy atom. The molecule has 0 spiro atoms. The Labute approximate surface area is 177 Å². The number of amides is 2. The molecule has 0 radical (unpaired) electrons. The lowest BCUT2D eigenvalue weighted by molar-refractivity contribution is 0.199. The third kappa shape index (κ3) is 4.79. The second-order valence-corrected chi connectivity index (χ2v) is 7.37. The summed E-state index contributed by atoms with van der Waals surface area (Å²) in [5.74, 6) is 1.21. The van der Waals surface area contributed by atoms with Gasteiger partial charge in [0.15, 0.2) is 5.84 Å². The van der Waals surface area contributed by atoms with Crippen LogP contribution in [0.3, 0.4) is 0 Å². The van der Waals surface area contributed by atoms with Crippen molar-refractivity contribution in [1.29, 1.82) is 0 Å². The van der Waals surface area contributed by atoms with Crippen LogP contribution in [0, 0.1) is 13.8 Å². The summed E-state index contributed by atoms with van der Waals surface area (Å²) in [6.07, 6.45) is 5.08. The van der Waals surface area contributed by atoms with Gasteiger partial charge in [0, 0.05) is 28.9 Å². The van der Waals surface area contributed by atoms with Gasteiger partial charge in [-0.3, -0.25) is 14.8 Å². The molecule has 0 atom stereocenters. The summed E-state index contributed by atoms with van der Waals surface area (Å²) < 4.78 is 5.49. The number of allylic oxidation sites excluding steroid dienone is 2. The van der Waals surface area contributed by atoms with Crippen LogP contribution >= 0.6 is 11.6 Å². The molecule has 0 saturated carbocycles. The Kier molecular flexibility index (Phi) is 7.45. The molecule has 2 heterocycles. The minimum Gasteiger partial charge on any atom is -0.496 e. The molecule has 0 aliphatic carbocycles. The number of carbonyl (C=O) groups is 1. The van der Waals surface area contributed by atoms with Crippen LogP contribution in [-0.4, -0.2) is 40.3 Å². The average molecular weight is 418 g/mol. The summed E-state index contributed by atoms with van der Waals surface area (Å²) in [5.41, 5.74) is 8.77. The molecule has 7 nitrogen and oxygen atoms in total. The molecule has 2 amide bonds. The number of aliphatic imine (C=N–C) groups is 1. The molecular weight excluding hydrogens is 390 g/mol. The second kappa shape index (κ2) is 9.60. The number of ether oxygens (including phenoxy) is 1. The van der Waals surface area contributed by atoms with Gasteiger partial charge in [-0.05, 0) is 33.6 Å². The highest BCUT2D eigenvalue weighted by Gasteiger charge is 2.40.